The van der Waals surface area contributed by atoms with Crippen LogP contribution in [0.1, 0.15) is 17.0 Å². The lowest BCUT2D eigenvalue weighted by Crippen LogP contribution is -2.22. The van der Waals surface area contributed by atoms with Gasteiger partial charge in [-0.05, 0) is 12.0 Å². The zero-order valence-electron chi connectivity index (χ0n) is 13.2. The van der Waals surface area contributed by atoms with Crippen LogP contribution in [0.5, 0.6) is 17.2 Å². The number of fused-ring (bicyclic) bond motifs is 1. The Kier molecular flexibility index (Phi) is 4.09. The molecule has 0 bridgehead atoms. The second-order valence-corrected chi connectivity index (χ2v) is 5.36. The largest absolute Gasteiger partial charge is 0.493 e. The topological polar surface area (TPSA) is 39.7 Å². The van der Waals surface area contributed by atoms with E-state index in [1.807, 2.05) is 12.1 Å². The van der Waals surface area contributed by atoms with Gasteiger partial charge in [0.1, 0.15) is 0 Å². The third-order valence-electron chi connectivity index (χ3n) is 4.19. The molecule has 0 fully saturated rings. The minimum absolute atomic E-state index is 0.417. The summed E-state index contributed by atoms with van der Waals surface area (Å²) in [6, 6.07) is 12.5. The van der Waals surface area contributed by atoms with Gasteiger partial charge in [-0.25, -0.2) is 0 Å². The van der Waals surface area contributed by atoms with E-state index >= 15 is 0 Å². The maximum atomic E-state index is 5.62. The van der Waals surface area contributed by atoms with E-state index in [1.54, 1.807) is 21.3 Å². The molecule has 2 aromatic carbocycles. The molecule has 0 saturated carbocycles. The van der Waals surface area contributed by atoms with Crippen molar-refractivity contribution in [1.82, 2.24) is 0 Å². The molecule has 0 spiro atoms. The molecule has 0 aromatic heterocycles. The summed E-state index contributed by atoms with van der Waals surface area (Å²) >= 11 is 0. The lowest BCUT2D eigenvalue weighted by molar-refractivity contribution is 0.321. The highest BCUT2D eigenvalue weighted by molar-refractivity contribution is 5.70. The molecular formula is C18H21NO3. The fourth-order valence-corrected chi connectivity index (χ4v) is 3.09. The van der Waals surface area contributed by atoms with Crippen molar-refractivity contribution in [1.29, 1.82) is 0 Å². The second-order valence-electron chi connectivity index (χ2n) is 5.36. The summed E-state index contributed by atoms with van der Waals surface area (Å²) in [5, 5.41) is 3.50. The van der Waals surface area contributed by atoms with Crippen LogP contribution in [-0.4, -0.2) is 27.9 Å². The van der Waals surface area contributed by atoms with Crippen LogP contribution in [0.15, 0.2) is 36.4 Å². The number of hydrogen-bond donors (Lipinski definition) is 1. The third kappa shape index (κ3) is 2.45. The first-order valence-electron chi connectivity index (χ1n) is 7.39. The summed E-state index contributed by atoms with van der Waals surface area (Å²) in [7, 11) is 4.95. The van der Waals surface area contributed by atoms with Gasteiger partial charge in [0.2, 0.25) is 5.75 Å². The summed E-state index contributed by atoms with van der Waals surface area (Å²) in [6.45, 7) is 0.898. The molecule has 1 atom stereocenters. The van der Waals surface area contributed by atoms with Crippen LogP contribution >= 0.6 is 0 Å². The molecular weight excluding hydrogens is 278 g/mol. The smallest absolute Gasteiger partial charge is 0.203 e. The Hall–Kier alpha value is -2.36. The summed E-state index contributed by atoms with van der Waals surface area (Å²) in [6.07, 6.45) is 0.913. The molecule has 0 amide bonds. The Bertz CT molecular complexity index is 655. The van der Waals surface area contributed by atoms with Crippen LogP contribution in [0.2, 0.25) is 0 Å². The number of benzene rings is 2. The predicted octanol–water partition coefficient (Wildman–Crippen LogP) is 3.46. The molecule has 1 aliphatic rings. The molecule has 22 heavy (non-hydrogen) atoms. The van der Waals surface area contributed by atoms with E-state index in [4.69, 9.17) is 14.2 Å². The van der Waals surface area contributed by atoms with E-state index in [-0.39, 0.29) is 0 Å². The highest BCUT2D eigenvalue weighted by atomic mass is 16.5. The fraction of sp³-hybridized carbons (Fsp3) is 0.333. The SMILES string of the molecule is COc1cc2c(c(OC)c1OC)CC(c1ccccc1)CN2. The second kappa shape index (κ2) is 6.18. The lowest BCUT2D eigenvalue weighted by Gasteiger charge is -2.29. The number of nitrogens with one attached hydrogen (secondary N) is 1. The number of methoxy groups -OCH3 is 3. The van der Waals surface area contributed by atoms with Gasteiger partial charge in [0.15, 0.2) is 11.5 Å². The average molecular weight is 299 g/mol. The van der Waals surface area contributed by atoms with Crippen LogP contribution in [0, 0.1) is 0 Å². The lowest BCUT2D eigenvalue weighted by atomic mass is 9.87. The van der Waals surface area contributed by atoms with Crippen molar-refractivity contribution in [2.24, 2.45) is 0 Å². The molecule has 0 aliphatic carbocycles. The van der Waals surface area contributed by atoms with Gasteiger partial charge in [-0.1, -0.05) is 30.3 Å². The Morgan fingerprint density at radius 1 is 0.955 bits per heavy atom. The first kappa shape index (κ1) is 14.6. The molecule has 2 aromatic rings. The van der Waals surface area contributed by atoms with Gasteiger partial charge in [-0.3, -0.25) is 0 Å². The highest BCUT2D eigenvalue weighted by Gasteiger charge is 2.27. The first-order chi connectivity index (χ1) is 10.8. The van der Waals surface area contributed by atoms with Crippen molar-refractivity contribution in [3.8, 4) is 17.2 Å². The van der Waals surface area contributed by atoms with Gasteiger partial charge in [-0.15, -0.1) is 0 Å². The first-order valence-corrected chi connectivity index (χ1v) is 7.39. The van der Waals surface area contributed by atoms with Gasteiger partial charge >= 0.3 is 0 Å². The Labute approximate surface area is 131 Å². The van der Waals surface area contributed by atoms with E-state index in [1.165, 1.54) is 5.56 Å². The van der Waals surface area contributed by atoms with Crippen LogP contribution in [0.25, 0.3) is 0 Å². The molecule has 1 N–H and O–H groups in total. The highest BCUT2D eigenvalue weighted by Crippen LogP contribution is 2.47. The Balaban J connectivity index is 2.03. The zero-order chi connectivity index (χ0) is 15.5. The van der Waals surface area contributed by atoms with Gasteiger partial charge in [0.25, 0.3) is 0 Å². The van der Waals surface area contributed by atoms with Gasteiger partial charge in [0, 0.05) is 29.8 Å². The summed E-state index contributed by atoms with van der Waals surface area (Å²) in [5.41, 5.74) is 3.53. The van der Waals surface area contributed by atoms with E-state index < -0.39 is 0 Å². The zero-order valence-corrected chi connectivity index (χ0v) is 13.2. The monoisotopic (exact) mass is 299 g/mol. The van der Waals surface area contributed by atoms with Gasteiger partial charge in [-0.2, -0.15) is 0 Å². The number of ether oxygens (including phenoxy) is 3. The summed E-state index contributed by atoms with van der Waals surface area (Å²) in [4.78, 5) is 0. The van der Waals surface area contributed by atoms with Crippen molar-refractivity contribution >= 4 is 5.69 Å². The molecule has 116 valence electrons. The summed E-state index contributed by atoms with van der Waals surface area (Å²) < 4.78 is 16.5. The van der Waals surface area contributed by atoms with Crippen LogP contribution < -0.4 is 19.5 Å². The van der Waals surface area contributed by atoms with Crippen LogP contribution in [0.4, 0.5) is 5.69 Å². The Morgan fingerprint density at radius 3 is 2.32 bits per heavy atom. The van der Waals surface area contributed by atoms with E-state index in [0.717, 1.165) is 30.0 Å². The van der Waals surface area contributed by atoms with Crippen LogP contribution in [-0.2, 0) is 6.42 Å². The molecule has 1 aliphatic heterocycles. The molecule has 0 radical (unpaired) electrons. The minimum atomic E-state index is 0.417. The van der Waals surface area contributed by atoms with E-state index in [0.29, 0.717) is 17.4 Å². The number of rotatable bonds is 4. The molecule has 1 heterocycles. The maximum Gasteiger partial charge on any atom is 0.203 e. The molecule has 4 heteroatoms. The summed E-state index contributed by atoms with van der Waals surface area (Å²) in [5.74, 6) is 2.51. The fourth-order valence-electron chi connectivity index (χ4n) is 3.09. The Morgan fingerprint density at radius 2 is 1.68 bits per heavy atom. The quantitative estimate of drug-likeness (QED) is 0.938. The van der Waals surface area contributed by atoms with Crippen molar-refractivity contribution in [2.45, 2.75) is 12.3 Å². The van der Waals surface area contributed by atoms with E-state index in [9.17, 15) is 0 Å². The van der Waals surface area contributed by atoms with Crippen LogP contribution in [0.3, 0.4) is 0 Å². The molecule has 0 saturated heterocycles. The minimum Gasteiger partial charge on any atom is -0.493 e. The number of anilines is 1. The average Bonchev–Trinajstić information content (AvgIpc) is 2.60. The maximum absolute atomic E-state index is 5.62. The normalized spacial score (nSPS) is 16.4. The molecule has 4 nitrogen and oxygen atoms in total. The van der Waals surface area contributed by atoms with E-state index in [2.05, 4.69) is 29.6 Å². The van der Waals surface area contributed by atoms with Gasteiger partial charge < -0.3 is 19.5 Å². The van der Waals surface area contributed by atoms with Crippen molar-refractivity contribution < 1.29 is 14.2 Å². The standard InChI is InChI=1S/C18H21NO3/c1-20-16-10-15-14(17(21-2)18(16)22-3)9-13(11-19-15)12-7-5-4-6-8-12/h4-8,10,13,19H,9,11H2,1-3H3. The molecule has 3 rings (SSSR count). The van der Waals surface area contributed by atoms with Crippen molar-refractivity contribution in [3.05, 3.63) is 47.5 Å². The van der Waals surface area contributed by atoms with Gasteiger partial charge in [0.05, 0.1) is 21.3 Å². The predicted molar refractivity (Wildman–Crippen MR) is 87.5 cm³/mol. The van der Waals surface area contributed by atoms with Crippen molar-refractivity contribution in [2.75, 3.05) is 33.2 Å². The third-order valence-corrected chi connectivity index (χ3v) is 4.19. The number of hydrogen-bond acceptors (Lipinski definition) is 4. The molecule has 1 unspecified atom stereocenters. The van der Waals surface area contributed by atoms with Crippen molar-refractivity contribution in [3.63, 3.8) is 0 Å².